The minimum atomic E-state index is -1.14. The molecule has 156 valence electrons. The van der Waals surface area contributed by atoms with Crippen LogP contribution in [0, 0.1) is 5.92 Å². The minimum absolute atomic E-state index is 0.124. The Labute approximate surface area is 175 Å². The van der Waals surface area contributed by atoms with Crippen LogP contribution in [0.2, 0.25) is 5.02 Å². The van der Waals surface area contributed by atoms with Crippen LogP contribution in [0.4, 0.5) is 4.79 Å². The molecule has 1 aliphatic heterocycles. The fourth-order valence-corrected chi connectivity index (χ4v) is 4.15. The molecule has 1 aliphatic rings. The van der Waals surface area contributed by atoms with Crippen molar-refractivity contribution in [1.82, 2.24) is 19.6 Å². The van der Waals surface area contributed by atoms with Gasteiger partial charge in [0.25, 0.3) is 0 Å². The van der Waals surface area contributed by atoms with Crippen LogP contribution in [0.1, 0.15) is 42.2 Å². The molecule has 2 heterocycles. The van der Waals surface area contributed by atoms with Gasteiger partial charge >= 0.3 is 12.0 Å². The second-order valence-corrected chi connectivity index (χ2v) is 8.05. The van der Waals surface area contributed by atoms with Crippen molar-refractivity contribution in [3.63, 3.8) is 0 Å². The Bertz CT molecular complexity index is 869. The van der Waals surface area contributed by atoms with Crippen LogP contribution in [0.25, 0.3) is 0 Å². The highest BCUT2D eigenvalue weighted by atomic mass is 35.5. The number of nitrogens with zero attached hydrogens (tertiary/aromatic N) is 4. The summed E-state index contributed by atoms with van der Waals surface area (Å²) < 4.78 is 1.12. The molecule has 8 heteroatoms. The highest BCUT2D eigenvalue weighted by molar-refractivity contribution is 6.31. The van der Waals surface area contributed by atoms with Gasteiger partial charge in [-0.05, 0) is 49.9 Å². The maximum absolute atomic E-state index is 12.6. The molecule has 0 spiro atoms. The standard InChI is InChI=1S/C21H27ClN4O3/c1-3-17(24(2)14-16-6-4-5-7-18(16)22)12-15-8-10-25(13-15)21(29)26-11-9-19(23-26)20(27)28/h4-7,9,11,15,17H,3,8,10,12-14H2,1-2H3,(H,27,28)/t15-,17-/m1/s1. The molecule has 0 saturated carbocycles. The average Bonchev–Trinajstić information content (AvgIpc) is 3.37. The van der Waals surface area contributed by atoms with Gasteiger partial charge in [0.05, 0.1) is 0 Å². The summed E-state index contributed by atoms with van der Waals surface area (Å²) in [5, 5.41) is 13.6. The van der Waals surface area contributed by atoms with Gasteiger partial charge in [-0.25, -0.2) is 9.59 Å². The number of carboxylic acid groups (broad SMARTS) is 1. The summed E-state index contributed by atoms with van der Waals surface area (Å²) in [6.45, 7) is 4.30. The molecule has 1 saturated heterocycles. The molecule has 3 rings (SSSR count). The van der Waals surface area contributed by atoms with E-state index >= 15 is 0 Å². The van der Waals surface area contributed by atoms with Crippen molar-refractivity contribution < 1.29 is 14.7 Å². The number of carbonyl (C=O) groups is 2. The van der Waals surface area contributed by atoms with Crippen molar-refractivity contribution in [1.29, 1.82) is 0 Å². The van der Waals surface area contributed by atoms with Gasteiger partial charge in [-0.2, -0.15) is 9.78 Å². The lowest BCUT2D eigenvalue weighted by molar-refractivity contribution is 0.0690. The third-order valence-electron chi connectivity index (χ3n) is 5.64. The predicted molar refractivity (Wildman–Crippen MR) is 111 cm³/mol. The Morgan fingerprint density at radius 1 is 1.34 bits per heavy atom. The van der Waals surface area contributed by atoms with Crippen LogP contribution in [-0.2, 0) is 6.54 Å². The SMILES string of the molecule is CC[C@H](C[C@H]1CCN(C(=O)n2ccc(C(=O)O)n2)C1)N(C)Cc1ccccc1Cl. The quantitative estimate of drug-likeness (QED) is 0.739. The molecule has 1 N–H and O–H groups in total. The Balaban J connectivity index is 1.56. The van der Waals surface area contributed by atoms with Gasteiger partial charge in [0, 0.05) is 36.9 Å². The maximum Gasteiger partial charge on any atom is 0.356 e. The van der Waals surface area contributed by atoms with E-state index in [0.717, 1.165) is 41.1 Å². The monoisotopic (exact) mass is 418 g/mol. The molecule has 0 bridgehead atoms. The summed E-state index contributed by atoms with van der Waals surface area (Å²) in [7, 11) is 2.12. The summed E-state index contributed by atoms with van der Waals surface area (Å²) in [5.74, 6) is -0.727. The smallest absolute Gasteiger partial charge is 0.356 e. The van der Waals surface area contributed by atoms with E-state index in [1.54, 1.807) is 4.90 Å². The lowest BCUT2D eigenvalue weighted by Gasteiger charge is -2.29. The number of rotatable bonds is 7. The summed E-state index contributed by atoms with van der Waals surface area (Å²) in [6, 6.07) is 9.37. The number of hydrogen-bond donors (Lipinski definition) is 1. The average molecular weight is 419 g/mol. The van der Waals surface area contributed by atoms with Gasteiger partial charge in [0.15, 0.2) is 5.69 Å². The number of likely N-dealkylation sites (tertiary alicyclic amines) is 1. The minimum Gasteiger partial charge on any atom is -0.476 e. The normalized spacial score (nSPS) is 17.7. The van der Waals surface area contributed by atoms with E-state index in [4.69, 9.17) is 16.7 Å². The van der Waals surface area contributed by atoms with E-state index in [1.807, 2.05) is 18.2 Å². The Hall–Kier alpha value is -2.38. The van der Waals surface area contributed by atoms with E-state index in [9.17, 15) is 9.59 Å². The van der Waals surface area contributed by atoms with Gasteiger partial charge in [0.1, 0.15) is 0 Å². The molecule has 2 atom stereocenters. The van der Waals surface area contributed by atoms with Crippen molar-refractivity contribution >= 4 is 23.6 Å². The summed E-state index contributed by atoms with van der Waals surface area (Å²) >= 11 is 6.30. The third kappa shape index (κ3) is 5.16. The fraction of sp³-hybridized carbons (Fsp3) is 0.476. The van der Waals surface area contributed by atoms with Gasteiger partial charge in [-0.15, -0.1) is 0 Å². The van der Waals surface area contributed by atoms with Crippen LogP contribution in [0.15, 0.2) is 36.5 Å². The maximum atomic E-state index is 12.6. The van der Waals surface area contributed by atoms with Crippen LogP contribution in [0.3, 0.4) is 0 Å². The largest absolute Gasteiger partial charge is 0.476 e. The molecule has 1 aromatic heterocycles. The molecular weight excluding hydrogens is 392 g/mol. The first kappa shape index (κ1) is 21.3. The van der Waals surface area contributed by atoms with Crippen molar-refractivity contribution in [3.05, 3.63) is 52.8 Å². The Morgan fingerprint density at radius 3 is 2.76 bits per heavy atom. The first-order valence-corrected chi connectivity index (χ1v) is 10.3. The Morgan fingerprint density at radius 2 is 2.10 bits per heavy atom. The number of aromatic nitrogens is 2. The number of carboxylic acids is 1. The number of carbonyl (C=O) groups excluding carboxylic acids is 1. The second-order valence-electron chi connectivity index (χ2n) is 7.64. The zero-order valence-corrected chi connectivity index (χ0v) is 17.5. The van der Waals surface area contributed by atoms with Gasteiger partial charge in [-0.1, -0.05) is 36.7 Å². The van der Waals surface area contributed by atoms with Crippen molar-refractivity contribution in [2.45, 2.75) is 38.8 Å². The Kier molecular flexibility index (Phi) is 6.92. The highest BCUT2D eigenvalue weighted by Gasteiger charge is 2.30. The zero-order chi connectivity index (χ0) is 21.0. The summed E-state index contributed by atoms with van der Waals surface area (Å²) in [5.41, 5.74) is 0.993. The lowest BCUT2D eigenvalue weighted by Crippen LogP contribution is -2.35. The molecule has 0 radical (unpaired) electrons. The van der Waals surface area contributed by atoms with Gasteiger partial charge in [0.2, 0.25) is 0 Å². The molecule has 0 aliphatic carbocycles. The molecule has 7 nitrogen and oxygen atoms in total. The summed E-state index contributed by atoms with van der Waals surface area (Å²) in [6.07, 6.45) is 4.37. The van der Waals surface area contributed by atoms with Crippen LogP contribution in [0.5, 0.6) is 0 Å². The molecule has 1 fully saturated rings. The molecule has 2 aromatic rings. The molecule has 29 heavy (non-hydrogen) atoms. The van der Waals surface area contributed by atoms with E-state index in [2.05, 4.69) is 30.0 Å². The first-order valence-electron chi connectivity index (χ1n) is 9.91. The van der Waals surface area contributed by atoms with Gasteiger partial charge < -0.3 is 10.0 Å². The number of benzene rings is 1. The number of halogens is 1. The number of amides is 1. The van der Waals surface area contributed by atoms with E-state index < -0.39 is 5.97 Å². The predicted octanol–water partition coefficient (Wildman–Crippen LogP) is 3.83. The zero-order valence-electron chi connectivity index (χ0n) is 16.8. The van der Waals surface area contributed by atoms with Crippen LogP contribution < -0.4 is 0 Å². The summed E-state index contributed by atoms with van der Waals surface area (Å²) in [4.78, 5) is 27.7. The molecule has 0 unspecified atom stereocenters. The van der Waals surface area contributed by atoms with E-state index in [-0.39, 0.29) is 11.7 Å². The fourth-order valence-electron chi connectivity index (χ4n) is 3.96. The second kappa shape index (κ2) is 9.41. The van der Waals surface area contributed by atoms with E-state index in [0.29, 0.717) is 25.0 Å². The van der Waals surface area contributed by atoms with Crippen LogP contribution in [-0.4, -0.2) is 62.9 Å². The molecule has 1 amide bonds. The topological polar surface area (TPSA) is 78.7 Å². The highest BCUT2D eigenvalue weighted by Crippen LogP contribution is 2.26. The third-order valence-corrected chi connectivity index (χ3v) is 6.01. The number of aromatic carboxylic acids is 1. The first-order chi connectivity index (χ1) is 13.9. The lowest BCUT2D eigenvalue weighted by atomic mass is 9.96. The van der Waals surface area contributed by atoms with Crippen LogP contribution >= 0.6 is 11.6 Å². The van der Waals surface area contributed by atoms with Crippen molar-refractivity contribution in [3.8, 4) is 0 Å². The van der Waals surface area contributed by atoms with Crippen molar-refractivity contribution in [2.75, 3.05) is 20.1 Å². The van der Waals surface area contributed by atoms with Crippen molar-refractivity contribution in [2.24, 2.45) is 5.92 Å². The molecular formula is C21H27ClN4O3. The molecule has 1 aromatic carbocycles. The number of hydrogen-bond acceptors (Lipinski definition) is 4. The van der Waals surface area contributed by atoms with Gasteiger partial charge in [-0.3, -0.25) is 4.90 Å². The van der Waals surface area contributed by atoms with E-state index in [1.165, 1.54) is 12.3 Å².